The number of aromatic nitrogens is 3. The Morgan fingerprint density at radius 2 is 2.23 bits per heavy atom. The van der Waals surface area contributed by atoms with Gasteiger partial charge in [-0.2, -0.15) is 5.26 Å². The van der Waals surface area contributed by atoms with Crippen molar-refractivity contribution in [2.24, 2.45) is 0 Å². The minimum atomic E-state index is 0.0335. The average molecular weight is 327 g/mol. The van der Waals surface area contributed by atoms with Crippen LogP contribution in [0.3, 0.4) is 0 Å². The Kier molecular flexibility index (Phi) is 4.22. The van der Waals surface area contributed by atoms with Crippen LogP contribution in [-0.2, 0) is 0 Å². The third-order valence-electron chi connectivity index (χ3n) is 3.22. The lowest BCUT2D eigenvalue weighted by molar-refractivity contribution is 0.875. The van der Waals surface area contributed by atoms with Gasteiger partial charge in [-0.1, -0.05) is 23.9 Å². The zero-order chi connectivity index (χ0) is 15.5. The molecule has 0 aliphatic heterocycles. The number of nitrogens with one attached hydrogen (secondary N) is 1. The van der Waals surface area contributed by atoms with Crippen LogP contribution < -0.4 is 5.32 Å². The van der Waals surface area contributed by atoms with E-state index < -0.39 is 0 Å². The van der Waals surface area contributed by atoms with E-state index in [-0.39, 0.29) is 6.04 Å². The second-order valence-corrected chi connectivity index (χ2v) is 6.71. The molecule has 3 rings (SSSR count). The van der Waals surface area contributed by atoms with Gasteiger partial charge >= 0.3 is 0 Å². The van der Waals surface area contributed by atoms with Gasteiger partial charge in [-0.3, -0.25) is 0 Å². The van der Waals surface area contributed by atoms with Crippen molar-refractivity contribution in [3.63, 3.8) is 0 Å². The van der Waals surface area contributed by atoms with Crippen LogP contribution >= 0.6 is 23.1 Å². The summed E-state index contributed by atoms with van der Waals surface area (Å²) in [5.74, 6) is 0.776. The molecule has 0 bridgehead atoms. The highest BCUT2D eigenvalue weighted by molar-refractivity contribution is 8.00. The number of nitriles is 1. The van der Waals surface area contributed by atoms with Crippen LogP contribution in [0.2, 0.25) is 0 Å². The van der Waals surface area contributed by atoms with E-state index in [0.717, 1.165) is 20.4 Å². The zero-order valence-corrected chi connectivity index (χ0v) is 13.7. The number of thioether (sulfide) groups is 1. The molecule has 22 heavy (non-hydrogen) atoms. The molecule has 0 radical (unpaired) electrons. The van der Waals surface area contributed by atoms with Crippen molar-refractivity contribution in [3.05, 3.63) is 41.7 Å². The fourth-order valence-corrected chi connectivity index (χ4v) is 3.56. The molecular weight excluding hydrogens is 314 g/mol. The van der Waals surface area contributed by atoms with E-state index in [9.17, 15) is 0 Å². The zero-order valence-electron chi connectivity index (χ0n) is 12.1. The SMILES string of the molecule is CSc1nc2ncnc(NC(C)c3cccc(C#N)c3)c2s1. The number of benzene rings is 1. The van der Waals surface area contributed by atoms with Crippen molar-refractivity contribution >= 4 is 39.3 Å². The van der Waals surface area contributed by atoms with Gasteiger partial charge in [0, 0.05) is 0 Å². The van der Waals surface area contributed by atoms with E-state index in [1.54, 1.807) is 29.2 Å². The lowest BCUT2D eigenvalue weighted by Crippen LogP contribution is -2.08. The Hall–Kier alpha value is -2.17. The lowest BCUT2D eigenvalue weighted by atomic mass is 10.1. The van der Waals surface area contributed by atoms with Gasteiger partial charge in [0.2, 0.25) is 0 Å². The summed E-state index contributed by atoms with van der Waals surface area (Å²) in [4.78, 5) is 13.0. The third kappa shape index (κ3) is 2.89. The second-order valence-electron chi connectivity index (χ2n) is 4.66. The Labute approximate surface area is 136 Å². The average Bonchev–Trinajstić information content (AvgIpc) is 2.99. The van der Waals surface area contributed by atoms with E-state index in [0.29, 0.717) is 11.2 Å². The number of anilines is 1. The smallest absolute Gasteiger partial charge is 0.176 e. The van der Waals surface area contributed by atoms with Gasteiger partial charge in [0.05, 0.1) is 17.7 Å². The molecule has 5 nitrogen and oxygen atoms in total. The fourth-order valence-electron chi connectivity index (χ4n) is 2.09. The van der Waals surface area contributed by atoms with Gasteiger partial charge in [0.25, 0.3) is 0 Å². The highest BCUT2D eigenvalue weighted by atomic mass is 32.2. The highest BCUT2D eigenvalue weighted by Gasteiger charge is 2.13. The summed E-state index contributed by atoms with van der Waals surface area (Å²) in [5.41, 5.74) is 2.41. The molecule has 1 unspecified atom stereocenters. The number of fused-ring (bicyclic) bond motifs is 1. The van der Waals surface area contributed by atoms with Crippen molar-refractivity contribution < 1.29 is 0 Å². The van der Waals surface area contributed by atoms with Gasteiger partial charge in [-0.15, -0.1) is 11.3 Å². The van der Waals surface area contributed by atoms with E-state index in [2.05, 4.69) is 26.3 Å². The van der Waals surface area contributed by atoms with Crippen LogP contribution in [0, 0.1) is 11.3 Å². The van der Waals surface area contributed by atoms with E-state index in [1.807, 2.05) is 31.4 Å². The summed E-state index contributed by atoms with van der Waals surface area (Å²) in [6, 6.07) is 9.77. The first kappa shape index (κ1) is 14.8. The van der Waals surface area contributed by atoms with Gasteiger partial charge in [-0.05, 0) is 30.9 Å². The van der Waals surface area contributed by atoms with Crippen molar-refractivity contribution in [3.8, 4) is 6.07 Å². The van der Waals surface area contributed by atoms with E-state index in [1.165, 1.54) is 6.33 Å². The number of nitrogens with zero attached hydrogens (tertiary/aromatic N) is 4. The molecule has 7 heteroatoms. The summed E-state index contributed by atoms with van der Waals surface area (Å²) < 4.78 is 1.92. The predicted octanol–water partition coefficient (Wildman–Crippen LogP) is 3.85. The molecule has 0 aliphatic rings. The van der Waals surface area contributed by atoms with Crippen molar-refractivity contribution in [1.82, 2.24) is 15.0 Å². The number of hydrogen-bond acceptors (Lipinski definition) is 7. The molecule has 3 aromatic rings. The summed E-state index contributed by atoms with van der Waals surface area (Å²) >= 11 is 3.18. The molecular formula is C15H13N5S2. The molecule has 1 aromatic carbocycles. The minimum Gasteiger partial charge on any atom is -0.362 e. The molecule has 0 saturated heterocycles. The molecule has 0 saturated carbocycles. The van der Waals surface area contributed by atoms with E-state index >= 15 is 0 Å². The molecule has 1 N–H and O–H groups in total. The molecule has 0 aliphatic carbocycles. The van der Waals surface area contributed by atoms with Crippen molar-refractivity contribution in [2.45, 2.75) is 17.3 Å². The van der Waals surface area contributed by atoms with Crippen LogP contribution in [0.5, 0.6) is 0 Å². The topological polar surface area (TPSA) is 74.5 Å². The second kappa shape index (κ2) is 6.30. The van der Waals surface area contributed by atoms with Gasteiger partial charge in [0.1, 0.15) is 16.8 Å². The number of thiazole rings is 1. The van der Waals surface area contributed by atoms with Crippen molar-refractivity contribution in [2.75, 3.05) is 11.6 Å². The van der Waals surface area contributed by atoms with Crippen LogP contribution in [0.1, 0.15) is 24.1 Å². The van der Waals surface area contributed by atoms with Crippen molar-refractivity contribution in [1.29, 1.82) is 5.26 Å². The highest BCUT2D eigenvalue weighted by Crippen LogP contribution is 2.32. The fraction of sp³-hybridized carbons (Fsp3) is 0.200. The Morgan fingerprint density at radius 1 is 1.36 bits per heavy atom. The van der Waals surface area contributed by atoms with Gasteiger partial charge in [0.15, 0.2) is 9.99 Å². The van der Waals surface area contributed by atoms with Crippen LogP contribution in [-0.4, -0.2) is 21.2 Å². The summed E-state index contributed by atoms with van der Waals surface area (Å²) in [6.45, 7) is 2.04. The lowest BCUT2D eigenvalue weighted by Gasteiger charge is -2.15. The Bertz CT molecular complexity index is 853. The third-order valence-corrected chi connectivity index (χ3v) is 5.25. The van der Waals surface area contributed by atoms with Crippen LogP contribution in [0.25, 0.3) is 10.3 Å². The first-order valence-electron chi connectivity index (χ1n) is 6.63. The van der Waals surface area contributed by atoms with Gasteiger partial charge in [-0.25, -0.2) is 15.0 Å². The quantitative estimate of drug-likeness (QED) is 0.734. The van der Waals surface area contributed by atoms with Gasteiger partial charge < -0.3 is 5.32 Å². The summed E-state index contributed by atoms with van der Waals surface area (Å²) in [7, 11) is 0. The monoisotopic (exact) mass is 327 g/mol. The minimum absolute atomic E-state index is 0.0335. The standard InChI is InChI=1S/C15H13N5S2/c1-9(11-5-3-4-10(6-11)7-16)19-13-12-14(18-8-17-13)20-15(21-2)22-12/h3-6,8-9H,1-2H3,(H,17,18,19). The normalized spacial score (nSPS) is 12.0. The predicted molar refractivity (Wildman–Crippen MR) is 90.2 cm³/mol. The maximum Gasteiger partial charge on any atom is 0.176 e. The number of hydrogen-bond donors (Lipinski definition) is 1. The van der Waals surface area contributed by atoms with Crippen LogP contribution in [0.15, 0.2) is 34.9 Å². The molecule has 0 fully saturated rings. The Morgan fingerprint density at radius 3 is 3.00 bits per heavy atom. The summed E-state index contributed by atoms with van der Waals surface area (Å²) in [5, 5.41) is 12.4. The van der Waals surface area contributed by atoms with E-state index in [4.69, 9.17) is 5.26 Å². The maximum atomic E-state index is 9.00. The van der Waals surface area contributed by atoms with Crippen LogP contribution in [0.4, 0.5) is 5.82 Å². The number of rotatable bonds is 4. The molecule has 2 aromatic heterocycles. The Balaban J connectivity index is 1.92. The first-order valence-corrected chi connectivity index (χ1v) is 8.67. The molecule has 0 spiro atoms. The molecule has 1 atom stereocenters. The largest absolute Gasteiger partial charge is 0.362 e. The molecule has 0 amide bonds. The summed E-state index contributed by atoms with van der Waals surface area (Å²) in [6.07, 6.45) is 3.52. The molecule has 2 heterocycles. The first-order chi connectivity index (χ1) is 10.7. The molecule has 110 valence electrons. The maximum absolute atomic E-state index is 9.00.